The number of anilines is 2. The zero-order chi connectivity index (χ0) is 19.2. The van der Waals surface area contributed by atoms with Crippen LogP contribution in [0.4, 0.5) is 17.7 Å². The summed E-state index contributed by atoms with van der Waals surface area (Å²) in [5.74, 6) is 0.358. The van der Waals surface area contributed by atoms with Crippen LogP contribution in [0.25, 0.3) is 0 Å². The average molecular weight is 374 g/mol. The standard InChI is InChI=1S/C17H22N6O4/c1-12-11-14(22-9-3-2-4-10-22)21-17(20-12)19-8-7-18-16(24)13-5-6-15(27-13)23(25)26/h5-6,11H,2-4,7-10H2,1H3,(H,18,24)(H,19,20,21). The first-order valence-corrected chi connectivity index (χ1v) is 8.90. The summed E-state index contributed by atoms with van der Waals surface area (Å²) in [6.45, 7) is 4.63. The van der Waals surface area contributed by atoms with E-state index in [2.05, 4.69) is 25.5 Å². The molecular weight excluding hydrogens is 352 g/mol. The van der Waals surface area contributed by atoms with Gasteiger partial charge in [-0.3, -0.25) is 14.9 Å². The van der Waals surface area contributed by atoms with Gasteiger partial charge in [-0.25, -0.2) is 4.98 Å². The molecule has 1 aliphatic heterocycles. The van der Waals surface area contributed by atoms with Crippen LogP contribution in [0.1, 0.15) is 35.5 Å². The Balaban J connectivity index is 1.50. The lowest BCUT2D eigenvalue weighted by atomic mass is 10.1. The molecule has 10 nitrogen and oxygen atoms in total. The predicted molar refractivity (Wildman–Crippen MR) is 99.0 cm³/mol. The number of hydrogen-bond acceptors (Lipinski definition) is 8. The Bertz CT molecular complexity index is 816. The van der Waals surface area contributed by atoms with Gasteiger partial charge in [-0.15, -0.1) is 0 Å². The van der Waals surface area contributed by atoms with E-state index in [1.165, 1.54) is 25.3 Å². The largest absolute Gasteiger partial charge is 0.433 e. The molecule has 0 unspecified atom stereocenters. The van der Waals surface area contributed by atoms with Gasteiger partial charge in [0.25, 0.3) is 5.91 Å². The molecule has 144 valence electrons. The number of piperidine rings is 1. The Labute approximate surface area is 156 Å². The minimum absolute atomic E-state index is 0.0964. The molecule has 0 saturated carbocycles. The number of aryl methyl sites for hydroxylation is 1. The van der Waals surface area contributed by atoms with E-state index in [-0.39, 0.29) is 5.76 Å². The third-order valence-corrected chi connectivity index (χ3v) is 4.21. The van der Waals surface area contributed by atoms with Gasteiger partial charge in [0, 0.05) is 37.9 Å². The van der Waals surface area contributed by atoms with Gasteiger partial charge in [-0.05, 0) is 32.3 Å². The lowest BCUT2D eigenvalue weighted by molar-refractivity contribution is -0.402. The SMILES string of the molecule is Cc1cc(N2CCCCC2)nc(NCCNC(=O)c2ccc([N+](=O)[O-])o2)n1. The minimum atomic E-state index is -0.687. The summed E-state index contributed by atoms with van der Waals surface area (Å²) in [4.78, 5) is 33.0. The fourth-order valence-electron chi connectivity index (χ4n) is 2.90. The molecule has 2 aromatic rings. The highest BCUT2D eigenvalue weighted by atomic mass is 16.6. The van der Waals surface area contributed by atoms with E-state index < -0.39 is 16.7 Å². The Morgan fingerprint density at radius 1 is 1.26 bits per heavy atom. The molecule has 1 amide bonds. The molecule has 0 bridgehead atoms. The zero-order valence-corrected chi connectivity index (χ0v) is 15.1. The summed E-state index contributed by atoms with van der Waals surface area (Å²) in [7, 11) is 0. The van der Waals surface area contributed by atoms with E-state index in [0.717, 1.165) is 30.7 Å². The second kappa shape index (κ2) is 8.47. The van der Waals surface area contributed by atoms with E-state index in [0.29, 0.717) is 19.0 Å². The number of nitrogens with one attached hydrogen (secondary N) is 2. The van der Waals surface area contributed by atoms with Gasteiger partial charge in [0.05, 0.1) is 6.07 Å². The smallest absolute Gasteiger partial charge is 0.395 e. The van der Waals surface area contributed by atoms with Gasteiger partial charge in [0.1, 0.15) is 10.7 Å². The van der Waals surface area contributed by atoms with Gasteiger partial charge in [-0.1, -0.05) is 0 Å². The van der Waals surface area contributed by atoms with Crippen LogP contribution in [0.3, 0.4) is 0 Å². The van der Waals surface area contributed by atoms with Crippen molar-refractivity contribution in [1.29, 1.82) is 0 Å². The molecule has 27 heavy (non-hydrogen) atoms. The van der Waals surface area contributed by atoms with E-state index in [4.69, 9.17) is 4.42 Å². The number of hydrogen-bond donors (Lipinski definition) is 2. The Morgan fingerprint density at radius 2 is 2.04 bits per heavy atom. The maximum absolute atomic E-state index is 11.9. The van der Waals surface area contributed by atoms with Gasteiger partial charge in [-0.2, -0.15) is 4.98 Å². The molecule has 1 fully saturated rings. The van der Waals surface area contributed by atoms with Crippen molar-refractivity contribution in [2.45, 2.75) is 26.2 Å². The van der Waals surface area contributed by atoms with Gasteiger partial charge in [0.2, 0.25) is 5.95 Å². The summed E-state index contributed by atoms with van der Waals surface area (Å²) in [6.07, 6.45) is 3.59. The van der Waals surface area contributed by atoms with Crippen LogP contribution >= 0.6 is 0 Å². The number of aromatic nitrogens is 2. The molecule has 0 atom stereocenters. The summed E-state index contributed by atoms with van der Waals surface area (Å²) < 4.78 is 4.86. The van der Waals surface area contributed by atoms with Crippen LogP contribution < -0.4 is 15.5 Å². The third kappa shape index (κ3) is 4.93. The Kier molecular flexibility index (Phi) is 5.84. The average Bonchev–Trinajstić information content (AvgIpc) is 3.16. The van der Waals surface area contributed by atoms with Crippen molar-refractivity contribution < 1.29 is 14.1 Å². The number of rotatable bonds is 7. The second-order valence-electron chi connectivity index (χ2n) is 6.32. The van der Waals surface area contributed by atoms with Crippen molar-refractivity contribution in [3.63, 3.8) is 0 Å². The lowest BCUT2D eigenvalue weighted by Gasteiger charge is -2.28. The van der Waals surface area contributed by atoms with Crippen LogP contribution in [0.2, 0.25) is 0 Å². The molecule has 0 radical (unpaired) electrons. The van der Waals surface area contributed by atoms with E-state index in [9.17, 15) is 14.9 Å². The monoisotopic (exact) mass is 374 g/mol. The van der Waals surface area contributed by atoms with Crippen LogP contribution in [0, 0.1) is 17.0 Å². The topological polar surface area (TPSA) is 126 Å². The number of nitro groups is 1. The maximum Gasteiger partial charge on any atom is 0.433 e. The van der Waals surface area contributed by atoms with Gasteiger partial charge in [0.15, 0.2) is 5.76 Å². The number of carbonyl (C=O) groups excluding carboxylic acids is 1. The second-order valence-corrected chi connectivity index (χ2v) is 6.32. The predicted octanol–water partition coefficient (Wildman–Crippen LogP) is 2.12. The fourth-order valence-corrected chi connectivity index (χ4v) is 2.90. The Morgan fingerprint density at radius 3 is 2.74 bits per heavy atom. The Hall–Kier alpha value is -3.17. The molecule has 10 heteroatoms. The first kappa shape index (κ1) is 18.6. The maximum atomic E-state index is 11.9. The highest BCUT2D eigenvalue weighted by molar-refractivity contribution is 5.91. The van der Waals surface area contributed by atoms with Gasteiger partial charge >= 0.3 is 5.88 Å². The molecule has 3 rings (SSSR count). The first-order valence-electron chi connectivity index (χ1n) is 8.90. The number of nitrogens with zero attached hydrogens (tertiary/aromatic N) is 4. The number of furan rings is 1. The molecular formula is C17H22N6O4. The van der Waals surface area contributed by atoms with E-state index in [1.54, 1.807) is 0 Å². The van der Waals surface area contributed by atoms with Crippen LogP contribution in [0.15, 0.2) is 22.6 Å². The van der Waals surface area contributed by atoms with Crippen LogP contribution in [0.5, 0.6) is 0 Å². The third-order valence-electron chi connectivity index (χ3n) is 4.21. The summed E-state index contributed by atoms with van der Waals surface area (Å²) in [5.41, 5.74) is 0.875. The lowest BCUT2D eigenvalue weighted by Crippen LogP contribution is -2.31. The summed E-state index contributed by atoms with van der Waals surface area (Å²) in [6, 6.07) is 4.40. The van der Waals surface area contributed by atoms with Crippen molar-refractivity contribution in [3.05, 3.63) is 39.8 Å². The molecule has 3 heterocycles. The molecule has 2 N–H and O–H groups in total. The highest BCUT2D eigenvalue weighted by Crippen LogP contribution is 2.19. The van der Waals surface area contributed by atoms with E-state index >= 15 is 0 Å². The van der Waals surface area contributed by atoms with E-state index in [1.807, 2.05) is 13.0 Å². The van der Waals surface area contributed by atoms with Crippen molar-refractivity contribution in [2.75, 3.05) is 36.4 Å². The van der Waals surface area contributed by atoms with Crippen molar-refractivity contribution in [3.8, 4) is 0 Å². The van der Waals surface area contributed by atoms with Crippen LogP contribution in [-0.4, -0.2) is 47.0 Å². The molecule has 1 aliphatic rings. The fraction of sp³-hybridized carbons (Fsp3) is 0.471. The van der Waals surface area contributed by atoms with Crippen LogP contribution in [-0.2, 0) is 0 Å². The van der Waals surface area contributed by atoms with Crippen molar-refractivity contribution in [1.82, 2.24) is 15.3 Å². The number of carbonyl (C=O) groups is 1. The van der Waals surface area contributed by atoms with Gasteiger partial charge < -0.3 is 20.0 Å². The molecule has 0 aromatic carbocycles. The summed E-state index contributed by atoms with van der Waals surface area (Å²) in [5, 5.41) is 16.3. The minimum Gasteiger partial charge on any atom is -0.395 e. The molecule has 0 aliphatic carbocycles. The molecule has 0 spiro atoms. The summed E-state index contributed by atoms with van der Waals surface area (Å²) >= 11 is 0. The normalized spacial score (nSPS) is 14.0. The molecule has 2 aromatic heterocycles. The first-order chi connectivity index (χ1) is 13.0. The zero-order valence-electron chi connectivity index (χ0n) is 15.1. The quantitative estimate of drug-likeness (QED) is 0.429. The highest BCUT2D eigenvalue weighted by Gasteiger charge is 2.17. The number of amides is 1. The molecule has 1 saturated heterocycles. The van der Waals surface area contributed by atoms with Crippen molar-refractivity contribution in [2.24, 2.45) is 0 Å². The van der Waals surface area contributed by atoms with Crippen molar-refractivity contribution >= 4 is 23.6 Å².